The molecule has 1 fully saturated rings. The molecule has 1 saturated heterocycles. The van der Waals surface area contributed by atoms with Crippen LogP contribution in [0.2, 0.25) is 0 Å². The first-order valence-electron chi connectivity index (χ1n) is 5.89. The van der Waals surface area contributed by atoms with Crippen LogP contribution in [0.1, 0.15) is 10.4 Å². The van der Waals surface area contributed by atoms with Gasteiger partial charge in [-0.2, -0.15) is 0 Å². The lowest BCUT2D eigenvalue weighted by Gasteiger charge is -2.21. The fourth-order valence-electron chi connectivity index (χ4n) is 1.97. The summed E-state index contributed by atoms with van der Waals surface area (Å²) in [5.41, 5.74) is -0.0918. The van der Waals surface area contributed by atoms with Crippen molar-refractivity contribution in [3.8, 4) is 5.75 Å². The van der Waals surface area contributed by atoms with Gasteiger partial charge in [0, 0.05) is 11.8 Å². The molecule has 1 aromatic carbocycles. The molecule has 1 unspecified atom stereocenters. The molecular formula is C12H12N2O6S. The Balaban J connectivity index is 2.35. The molecule has 1 amide bonds. The van der Waals surface area contributed by atoms with Crippen LogP contribution in [0.4, 0.5) is 5.69 Å². The van der Waals surface area contributed by atoms with Crippen LogP contribution in [0.3, 0.4) is 0 Å². The van der Waals surface area contributed by atoms with Crippen LogP contribution in [0.25, 0.3) is 0 Å². The average molecular weight is 312 g/mol. The SMILES string of the molecule is COc1cc([N+](=O)[O-])ccc1C(=O)N1CSCC1C(=O)O. The summed E-state index contributed by atoms with van der Waals surface area (Å²) in [4.78, 5) is 34.9. The van der Waals surface area contributed by atoms with Crippen molar-refractivity contribution in [1.82, 2.24) is 4.90 Å². The van der Waals surface area contributed by atoms with E-state index < -0.39 is 22.8 Å². The first kappa shape index (κ1) is 15.1. The maximum atomic E-state index is 12.4. The van der Waals surface area contributed by atoms with E-state index in [0.717, 1.165) is 6.07 Å². The number of carbonyl (C=O) groups is 2. The fraction of sp³-hybridized carbons (Fsp3) is 0.333. The highest BCUT2D eigenvalue weighted by atomic mass is 32.2. The molecule has 9 heteroatoms. The molecular weight excluding hydrogens is 300 g/mol. The molecule has 0 bridgehead atoms. The van der Waals surface area contributed by atoms with E-state index in [9.17, 15) is 19.7 Å². The molecule has 1 aromatic rings. The van der Waals surface area contributed by atoms with E-state index in [2.05, 4.69) is 0 Å². The van der Waals surface area contributed by atoms with Gasteiger partial charge >= 0.3 is 5.97 Å². The molecule has 0 saturated carbocycles. The summed E-state index contributed by atoms with van der Waals surface area (Å²) in [5.74, 6) is -0.963. The van der Waals surface area contributed by atoms with E-state index >= 15 is 0 Å². The highest BCUT2D eigenvalue weighted by molar-refractivity contribution is 7.99. The van der Waals surface area contributed by atoms with Crippen LogP contribution in [-0.4, -0.2) is 51.6 Å². The maximum absolute atomic E-state index is 12.4. The topological polar surface area (TPSA) is 110 Å². The summed E-state index contributed by atoms with van der Waals surface area (Å²) in [6.45, 7) is 0. The summed E-state index contributed by atoms with van der Waals surface area (Å²) in [6.07, 6.45) is 0. The number of benzene rings is 1. The van der Waals surface area contributed by atoms with Crippen LogP contribution in [-0.2, 0) is 4.79 Å². The standard InChI is InChI=1S/C12H12N2O6S/c1-20-10-4-7(14(18)19)2-3-8(10)11(15)13-6-21-5-9(13)12(16)17/h2-4,9H,5-6H2,1H3,(H,16,17). The first-order valence-corrected chi connectivity index (χ1v) is 7.05. The third-order valence-corrected chi connectivity index (χ3v) is 4.07. The number of amides is 1. The van der Waals surface area contributed by atoms with E-state index in [1.54, 1.807) is 0 Å². The Morgan fingerprint density at radius 2 is 2.24 bits per heavy atom. The zero-order chi connectivity index (χ0) is 15.6. The highest BCUT2D eigenvalue weighted by Gasteiger charge is 2.36. The molecule has 0 radical (unpaired) electrons. The number of ether oxygens (including phenoxy) is 1. The zero-order valence-electron chi connectivity index (χ0n) is 11.0. The predicted octanol–water partition coefficient (Wildman–Crippen LogP) is 1.20. The second kappa shape index (κ2) is 6.00. The minimum atomic E-state index is -1.07. The number of methoxy groups -OCH3 is 1. The van der Waals surface area contributed by atoms with Crippen molar-refractivity contribution in [2.45, 2.75) is 6.04 Å². The Morgan fingerprint density at radius 1 is 1.52 bits per heavy atom. The van der Waals surface area contributed by atoms with E-state index in [0.29, 0.717) is 5.75 Å². The second-order valence-electron chi connectivity index (χ2n) is 4.27. The van der Waals surface area contributed by atoms with Crippen LogP contribution in [0.5, 0.6) is 5.75 Å². The van der Waals surface area contributed by atoms with Gasteiger partial charge in [0.2, 0.25) is 0 Å². The van der Waals surface area contributed by atoms with Gasteiger partial charge < -0.3 is 14.7 Å². The van der Waals surface area contributed by atoms with Crippen LogP contribution >= 0.6 is 11.8 Å². The van der Waals surface area contributed by atoms with Gasteiger partial charge in [-0.1, -0.05) is 0 Å². The number of hydrogen-bond donors (Lipinski definition) is 1. The summed E-state index contributed by atoms with van der Waals surface area (Å²) < 4.78 is 5.01. The Bertz CT molecular complexity index is 605. The van der Waals surface area contributed by atoms with Crippen molar-refractivity contribution in [3.63, 3.8) is 0 Å². The lowest BCUT2D eigenvalue weighted by atomic mass is 10.1. The Kier molecular flexibility index (Phi) is 4.32. The summed E-state index contributed by atoms with van der Waals surface area (Å²) in [7, 11) is 1.29. The molecule has 21 heavy (non-hydrogen) atoms. The Hall–Kier alpha value is -2.29. The average Bonchev–Trinajstić information content (AvgIpc) is 2.95. The highest BCUT2D eigenvalue weighted by Crippen LogP contribution is 2.29. The van der Waals surface area contributed by atoms with Gasteiger partial charge in [-0.25, -0.2) is 4.79 Å². The fourth-order valence-corrected chi connectivity index (χ4v) is 3.12. The van der Waals surface area contributed by atoms with E-state index in [4.69, 9.17) is 9.84 Å². The van der Waals surface area contributed by atoms with E-state index in [1.165, 1.54) is 35.9 Å². The molecule has 0 spiro atoms. The molecule has 1 aliphatic rings. The van der Waals surface area contributed by atoms with Gasteiger partial charge in [0.25, 0.3) is 11.6 Å². The van der Waals surface area contributed by atoms with Crippen LogP contribution in [0, 0.1) is 10.1 Å². The van der Waals surface area contributed by atoms with Gasteiger partial charge in [0.05, 0.1) is 29.5 Å². The quantitative estimate of drug-likeness (QED) is 0.657. The van der Waals surface area contributed by atoms with Crippen LogP contribution in [0.15, 0.2) is 18.2 Å². The number of nitro groups is 1. The molecule has 112 valence electrons. The minimum absolute atomic E-state index is 0.0511. The van der Waals surface area contributed by atoms with Crippen molar-refractivity contribution < 1.29 is 24.4 Å². The van der Waals surface area contributed by atoms with Gasteiger partial charge in [0.15, 0.2) is 0 Å². The number of hydrogen-bond acceptors (Lipinski definition) is 6. The first-order chi connectivity index (χ1) is 9.95. The van der Waals surface area contributed by atoms with Gasteiger partial charge in [0.1, 0.15) is 11.8 Å². The number of nitrogens with zero attached hydrogens (tertiary/aromatic N) is 2. The number of carbonyl (C=O) groups excluding carboxylic acids is 1. The summed E-state index contributed by atoms with van der Waals surface area (Å²) in [6, 6.07) is 2.71. The maximum Gasteiger partial charge on any atom is 0.327 e. The predicted molar refractivity (Wildman–Crippen MR) is 74.6 cm³/mol. The number of non-ortho nitro benzene ring substituents is 1. The largest absolute Gasteiger partial charge is 0.496 e. The molecule has 1 atom stereocenters. The Labute approximate surface area is 123 Å². The van der Waals surface area contributed by atoms with Gasteiger partial charge in [-0.15, -0.1) is 11.8 Å². The van der Waals surface area contributed by atoms with E-state index in [-0.39, 0.29) is 22.9 Å². The molecule has 1 heterocycles. The number of aliphatic carboxylic acids is 1. The number of rotatable bonds is 4. The van der Waals surface area contributed by atoms with Crippen molar-refractivity contribution in [3.05, 3.63) is 33.9 Å². The van der Waals surface area contributed by atoms with Crippen molar-refractivity contribution in [2.75, 3.05) is 18.7 Å². The molecule has 1 aliphatic heterocycles. The van der Waals surface area contributed by atoms with Gasteiger partial charge in [-0.3, -0.25) is 14.9 Å². The summed E-state index contributed by atoms with van der Waals surface area (Å²) in [5, 5.41) is 19.8. The lowest BCUT2D eigenvalue weighted by molar-refractivity contribution is -0.384. The minimum Gasteiger partial charge on any atom is -0.496 e. The van der Waals surface area contributed by atoms with Gasteiger partial charge in [-0.05, 0) is 6.07 Å². The smallest absolute Gasteiger partial charge is 0.327 e. The third kappa shape index (κ3) is 2.92. The van der Waals surface area contributed by atoms with Crippen molar-refractivity contribution in [1.29, 1.82) is 0 Å². The number of carboxylic acids is 1. The monoisotopic (exact) mass is 312 g/mol. The number of carboxylic acid groups (broad SMARTS) is 1. The van der Waals surface area contributed by atoms with Crippen LogP contribution < -0.4 is 4.74 Å². The Morgan fingerprint density at radius 3 is 2.81 bits per heavy atom. The molecule has 1 N–H and O–H groups in total. The van der Waals surface area contributed by atoms with Crippen molar-refractivity contribution >= 4 is 29.3 Å². The van der Waals surface area contributed by atoms with E-state index in [1.807, 2.05) is 0 Å². The number of thioether (sulfide) groups is 1. The lowest BCUT2D eigenvalue weighted by Crippen LogP contribution is -2.41. The molecule has 8 nitrogen and oxygen atoms in total. The second-order valence-corrected chi connectivity index (χ2v) is 5.27. The summed E-state index contributed by atoms with van der Waals surface area (Å²) >= 11 is 1.34. The molecule has 0 aromatic heterocycles. The normalized spacial score (nSPS) is 17.6. The van der Waals surface area contributed by atoms with Crippen molar-refractivity contribution in [2.24, 2.45) is 0 Å². The molecule has 0 aliphatic carbocycles. The molecule has 2 rings (SSSR count). The zero-order valence-corrected chi connectivity index (χ0v) is 11.8. The third-order valence-electron chi connectivity index (χ3n) is 3.05. The number of nitro benzene ring substituents is 1.